The Bertz CT molecular complexity index is 1190. The first-order chi connectivity index (χ1) is 15.2. The highest BCUT2D eigenvalue weighted by Crippen LogP contribution is 2.54. The molecule has 1 N–H and O–H groups in total. The maximum absolute atomic E-state index is 6.15. The number of aromatic nitrogens is 4. The van der Waals surface area contributed by atoms with Gasteiger partial charge in [0, 0.05) is 25.2 Å². The highest BCUT2D eigenvalue weighted by Gasteiger charge is 2.41. The second-order valence-corrected chi connectivity index (χ2v) is 8.62. The van der Waals surface area contributed by atoms with Crippen LogP contribution < -0.4 is 9.46 Å². The molecule has 0 spiro atoms. The Morgan fingerprint density at radius 2 is 1.84 bits per heavy atom. The Kier molecular flexibility index (Phi) is 5.34. The molecule has 156 valence electrons. The molecule has 2 aromatic carbocycles. The number of nitrogens with one attached hydrogen (secondary N) is 1. The van der Waals surface area contributed by atoms with E-state index in [9.17, 15) is 0 Å². The molecule has 5 rings (SSSR count). The smallest absolute Gasteiger partial charge is 0.236 e. The van der Waals surface area contributed by atoms with E-state index in [-0.39, 0.29) is 0 Å². The Morgan fingerprint density at radius 3 is 2.61 bits per heavy atom. The first-order valence-electron chi connectivity index (χ1n) is 10.2. The molecule has 0 bridgehead atoms. The number of rotatable bonds is 7. The van der Waals surface area contributed by atoms with Crippen molar-refractivity contribution in [3.63, 3.8) is 0 Å². The minimum absolute atomic E-state index is 0.369. The van der Waals surface area contributed by atoms with Crippen molar-refractivity contribution in [3.05, 3.63) is 89.9 Å². The second-order valence-electron chi connectivity index (χ2n) is 7.74. The molecular weight excluding hydrogens is 406 g/mol. The fourth-order valence-electron chi connectivity index (χ4n) is 3.66. The predicted octanol–water partition coefficient (Wildman–Crippen LogP) is 5.70. The molecule has 1 aliphatic rings. The zero-order valence-electron chi connectivity index (χ0n) is 17.4. The lowest BCUT2D eigenvalue weighted by Crippen LogP contribution is -2.01. The summed E-state index contributed by atoms with van der Waals surface area (Å²) in [6, 6.07) is 20.5. The molecule has 4 aromatic rings. The monoisotopic (exact) mass is 429 g/mol. The third kappa shape index (κ3) is 4.56. The molecule has 6 nitrogen and oxygen atoms in total. The van der Waals surface area contributed by atoms with Gasteiger partial charge in [-0.05, 0) is 48.4 Å². The van der Waals surface area contributed by atoms with E-state index in [1.165, 1.54) is 17.5 Å². The summed E-state index contributed by atoms with van der Waals surface area (Å²) in [4.78, 5) is 10.4. The minimum atomic E-state index is 0.369. The van der Waals surface area contributed by atoms with E-state index >= 15 is 0 Å². The molecule has 2 aromatic heterocycles. The van der Waals surface area contributed by atoms with Gasteiger partial charge in [0.15, 0.2) is 0 Å². The largest absolute Gasteiger partial charge is 0.439 e. The number of hydrogen-bond acceptors (Lipinski definition) is 6. The minimum Gasteiger partial charge on any atom is -0.439 e. The van der Waals surface area contributed by atoms with Crippen LogP contribution in [-0.2, 0) is 7.05 Å². The van der Waals surface area contributed by atoms with Crippen molar-refractivity contribution < 1.29 is 4.74 Å². The summed E-state index contributed by atoms with van der Waals surface area (Å²) in [5.41, 5.74) is 3.42. The van der Waals surface area contributed by atoms with Crippen LogP contribution in [0, 0.1) is 6.92 Å². The van der Waals surface area contributed by atoms with Crippen molar-refractivity contribution in [2.24, 2.45) is 7.05 Å². The van der Waals surface area contributed by atoms with E-state index in [1.807, 2.05) is 50.5 Å². The van der Waals surface area contributed by atoms with Gasteiger partial charge in [0.25, 0.3) is 0 Å². The third-order valence-electron chi connectivity index (χ3n) is 5.37. The van der Waals surface area contributed by atoms with Crippen LogP contribution in [0.1, 0.15) is 35.1 Å². The van der Waals surface area contributed by atoms with Crippen molar-refractivity contribution >= 4 is 17.9 Å². The first kappa shape index (κ1) is 19.6. The van der Waals surface area contributed by atoms with Crippen molar-refractivity contribution in [3.8, 4) is 11.6 Å². The van der Waals surface area contributed by atoms with Crippen LogP contribution in [0.15, 0.2) is 78.0 Å². The highest BCUT2D eigenvalue weighted by molar-refractivity contribution is 8.00. The Labute approximate surface area is 185 Å². The average Bonchev–Trinajstić information content (AvgIpc) is 3.49. The second kappa shape index (κ2) is 8.43. The third-order valence-corrected chi connectivity index (χ3v) is 6.10. The zero-order valence-corrected chi connectivity index (χ0v) is 18.2. The van der Waals surface area contributed by atoms with Crippen LogP contribution in [0.4, 0.5) is 5.95 Å². The van der Waals surface area contributed by atoms with E-state index < -0.39 is 0 Å². The van der Waals surface area contributed by atoms with E-state index in [4.69, 9.17) is 9.72 Å². The van der Waals surface area contributed by atoms with Crippen molar-refractivity contribution in [1.29, 1.82) is 0 Å². The summed E-state index contributed by atoms with van der Waals surface area (Å²) in [5, 5.41) is 4.20. The lowest BCUT2D eigenvalue weighted by Gasteiger charge is -2.11. The molecule has 0 amide bonds. The van der Waals surface area contributed by atoms with Gasteiger partial charge in [-0.1, -0.05) is 48.5 Å². The van der Waals surface area contributed by atoms with Gasteiger partial charge in [0.2, 0.25) is 11.8 Å². The molecule has 1 aliphatic carbocycles. The lowest BCUT2D eigenvalue weighted by molar-refractivity contribution is 0.458. The van der Waals surface area contributed by atoms with Crippen LogP contribution in [-0.4, -0.2) is 19.7 Å². The van der Waals surface area contributed by atoms with Crippen LogP contribution in [0.2, 0.25) is 0 Å². The molecule has 1 fully saturated rings. The van der Waals surface area contributed by atoms with Crippen LogP contribution in [0.25, 0.3) is 0 Å². The van der Waals surface area contributed by atoms with Gasteiger partial charge < -0.3 is 4.74 Å². The molecule has 2 atom stereocenters. The van der Waals surface area contributed by atoms with Gasteiger partial charge in [0.05, 0.1) is 16.8 Å². The van der Waals surface area contributed by atoms with Crippen molar-refractivity contribution in [1.82, 2.24) is 19.7 Å². The number of para-hydroxylation sites is 1. The van der Waals surface area contributed by atoms with Gasteiger partial charge in [-0.25, -0.2) is 4.98 Å². The summed E-state index contributed by atoms with van der Waals surface area (Å²) in [6.07, 6.45) is 4.83. The maximum Gasteiger partial charge on any atom is 0.236 e. The molecule has 0 saturated heterocycles. The van der Waals surface area contributed by atoms with Crippen molar-refractivity contribution in [2.75, 3.05) is 4.72 Å². The molecule has 2 unspecified atom stereocenters. The van der Waals surface area contributed by atoms with E-state index in [2.05, 4.69) is 45.1 Å². The normalized spacial score (nSPS) is 17.4. The predicted molar refractivity (Wildman–Crippen MR) is 123 cm³/mol. The molecule has 31 heavy (non-hydrogen) atoms. The van der Waals surface area contributed by atoms with Gasteiger partial charge in [-0.3, -0.25) is 9.40 Å². The maximum atomic E-state index is 6.15. The molecular formula is C24H23N5OS. The topological polar surface area (TPSA) is 64.9 Å². The molecule has 1 saturated carbocycles. The number of nitrogens with zero attached hydrogens (tertiary/aromatic N) is 4. The quantitative estimate of drug-likeness (QED) is 0.380. The fourth-order valence-corrected chi connectivity index (χ4v) is 4.27. The van der Waals surface area contributed by atoms with Gasteiger partial charge in [-0.15, -0.1) is 0 Å². The van der Waals surface area contributed by atoms with Crippen molar-refractivity contribution in [2.45, 2.75) is 30.1 Å². The Balaban J connectivity index is 1.41. The highest BCUT2D eigenvalue weighted by atomic mass is 32.2. The average molecular weight is 430 g/mol. The van der Waals surface area contributed by atoms with Gasteiger partial charge in [-0.2, -0.15) is 10.1 Å². The molecule has 0 radical (unpaired) electrons. The number of aryl methyl sites for hydroxylation is 2. The van der Waals surface area contributed by atoms with E-state index in [1.54, 1.807) is 10.9 Å². The Hall–Kier alpha value is -3.32. The number of hydrogen-bond donors (Lipinski definition) is 1. The fraction of sp³-hybridized carbons (Fsp3) is 0.208. The lowest BCUT2D eigenvalue weighted by atomic mass is 10.1. The van der Waals surface area contributed by atoms with Crippen LogP contribution in [0.3, 0.4) is 0 Å². The number of ether oxygens (including phenoxy) is 1. The van der Waals surface area contributed by atoms with Crippen LogP contribution >= 0.6 is 11.9 Å². The molecule has 2 heterocycles. The SMILES string of the molecule is Cc1ccccc1Oc1cc(C2CC2c2ccccc2)nc(NSc2cnn(C)c2)n1. The zero-order chi connectivity index (χ0) is 21.2. The number of anilines is 1. The van der Waals surface area contributed by atoms with E-state index in [0.29, 0.717) is 23.7 Å². The first-order valence-corrected chi connectivity index (χ1v) is 11.1. The summed E-state index contributed by atoms with van der Waals surface area (Å²) < 4.78 is 11.2. The number of benzene rings is 2. The van der Waals surface area contributed by atoms with Crippen LogP contribution in [0.5, 0.6) is 11.6 Å². The summed E-state index contributed by atoms with van der Waals surface area (Å²) >= 11 is 1.44. The molecule has 0 aliphatic heterocycles. The summed E-state index contributed by atoms with van der Waals surface area (Å²) in [6.45, 7) is 2.03. The Morgan fingerprint density at radius 1 is 1.03 bits per heavy atom. The summed E-state index contributed by atoms with van der Waals surface area (Å²) in [7, 11) is 1.89. The van der Waals surface area contributed by atoms with Gasteiger partial charge in [0.1, 0.15) is 5.75 Å². The summed E-state index contributed by atoms with van der Waals surface area (Å²) in [5.74, 6) is 2.74. The molecule has 7 heteroatoms. The van der Waals surface area contributed by atoms with Gasteiger partial charge >= 0.3 is 0 Å². The van der Waals surface area contributed by atoms with E-state index in [0.717, 1.165) is 28.3 Å². The standard InChI is InChI=1S/C24H23N5OS/c1-16-8-6-7-11-22(16)30-23-13-21(20-12-19(20)17-9-4-3-5-10-17)26-24(27-23)28-31-18-14-25-29(2)15-18/h3-11,13-15,19-20H,12H2,1-2H3,(H,26,27,28).